The highest BCUT2D eigenvalue weighted by molar-refractivity contribution is 6.32. The number of halogens is 1. The van der Waals surface area contributed by atoms with Gasteiger partial charge in [0.25, 0.3) is 0 Å². The van der Waals surface area contributed by atoms with E-state index in [-0.39, 0.29) is 5.02 Å². The van der Waals surface area contributed by atoms with Gasteiger partial charge in [-0.2, -0.15) is 5.10 Å². The van der Waals surface area contributed by atoms with Crippen molar-refractivity contribution in [1.29, 1.82) is 0 Å². The van der Waals surface area contributed by atoms with Gasteiger partial charge in [0.05, 0.1) is 17.6 Å². The summed E-state index contributed by atoms with van der Waals surface area (Å²) in [5.74, 6) is 1.47. The van der Waals surface area contributed by atoms with Gasteiger partial charge in [0.1, 0.15) is 11.4 Å². The van der Waals surface area contributed by atoms with Crippen molar-refractivity contribution in [3.05, 3.63) is 89.1 Å². The average Bonchev–Trinajstić information content (AvgIpc) is 3.23. The molecule has 0 bridgehead atoms. The van der Waals surface area contributed by atoms with Crippen LogP contribution in [0.1, 0.15) is 17.3 Å². The van der Waals surface area contributed by atoms with E-state index in [9.17, 15) is 9.59 Å². The maximum absolute atomic E-state index is 13.7. The maximum Gasteiger partial charge on any atom is 0.303 e. The van der Waals surface area contributed by atoms with E-state index < -0.39 is 17.9 Å². The SMILES string of the molecule is C#CC(=O)N(c1ccc(OC)c(Cl)c1)C(C(=O)NCCc1ccccc1)c1nn(C)c2ccccc12. The topological polar surface area (TPSA) is 76.5 Å². The lowest BCUT2D eigenvalue weighted by Gasteiger charge is -2.29. The van der Waals surface area contributed by atoms with Crippen LogP contribution in [0.15, 0.2) is 72.8 Å². The van der Waals surface area contributed by atoms with E-state index in [0.29, 0.717) is 30.1 Å². The Morgan fingerprint density at radius 1 is 1.14 bits per heavy atom. The zero-order valence-electron chi connectivity index (χ0n) is 19.9. The van der Waals surface area contributed by atoms with Crippen LogP contribution in [0.5, 0.6) is 5.75 Å². The monoisotopic (exact) mass is 500 g/mol. The predicted octanol–water partition coefficient (Wildman–Crippen LogP) is 4.30. The van der Waals surface area contributed by atoms with Gasteiger partial charge in [-0.1, -0.05) is 60.1 Å². The molecule has 8 heteroatoms. The second-order valence-corrected chi connectivity index (χ2v) is 8.50. The summed E-state index contributed by atoms with van der Waals surface area (Å²) in [5.41, 5.74) is 2.65. The molecule has 0 aliphatic carbocycles. The van der Waals surface area contributed by atoms with Crippen molar-refractivity contribution < 1.29 is 14.3 Å². The first-order valence-corrected chi connectivity index (χ1v) is 11.7. The van der Waals surface area contributed by atoms with Crippen molar-refractivity contribution in [2.45, 2.75) is 12.5 Å². The van der Waals surface area contributed by atoms with Gasteiger partial charge in [0, 0.05) is 24.7 Å². The fourth-order valence-electron chi connectivity index (χ4n) is 4.14. The summed E-state index contributed by atoms with van der Waals surface area (Å²) < 4.78 is 6.92. The van der Waals surface area contributed by atoms with Crippen LogP contribution in [-0.2, 0) is 23.1 Å². The Kier molecular flexibility index (Phi) is 7.57. The van der Waals surface area contributed by atoms with Crippen LogP contribution < -0.4 is 15.0 Å². The lowest BCUT2D eigenvalue weighted by atomic mass is 10.0. The summed E-state index contributed by atoms with van der Waals surface area (Å²) in [6.45, 7) is 0.367. The van der Waals surface area contributed by atoms with Crippen LogP contribution in [0, 0.1) is 12.3 Å². The minimum atomic E-state index is -1.14. The Hall–Kier alpha value is -4.28. The van der Waals surface area contributed by atoms with E-state index in [2.05, 4.69) is 16.3 Å². The number of amides is 2. The molecule has 1 atom stereocenters. The molecule has 1 N–H and O–H groups in total. The number of carbonyl (C=O) groups is 2. The molecule has 4 rings (SSSR count). The highest BCUT2D eigenvalue weighted by Gasteiger charge is 2.36. The molecule has 0 fully saturated rings. The van der Waals surface area contributed by atoms with E-state index in [1.165, 1.54) is 12.0 Å². The normalized spacial score (nSPS) is 11.5. The van der Waals surface area contributed by atoms with Crippen molar-refractivity contribution in [3.8, 4) is 18.1 Å². The zero-order chi connectivity index (χ0) is 25.7. The molecule has 1 heterocycles. The van der Waals surface area contributed by atoms with E-state index in [4.69, 9.17) is 22.8 Å². The number of nitrogens with one attached hydrogen (secondary N) is 1. The fourth-order valence-corrected chi connectivity index (χ4v) is 4.39. The van der Waals surface area contributed by atoms with Gasteiger partial charge in [0.2, 0.25) is 5.91 Å². The second-order valence-electron chi connectivity index (χ2n) is 8.09. The molecule has 4 aromatic rings. The number of aromatic nitrogens is 2. The van der Waals surface area contributed by atoms with E-state index in [0.717, 1.165) is 16.5 Å². The Bertz CT molecular complexity index is 1440. The van der Waals surface area contributed by atoms with Crippen molar-refractivity contribution in [2.75, 3.05) is 18.6 Å². The number of nitrogens with zero attached hydrogens (tertiary/aromatic N) is 3. The molecule has 0 saturated carbocycles. The first-order valence-electron chi connectivity index (χ1n) is 11.3. The number of carbonyl (C=O) groups excluding carboxylic acids is 2. The van der Waals surface area contributed by atoms with Gasteiger partial charge in [-0.05, 0) is 42.2 Å². The smallest absolute Gasteiger partial charge is 0.303 e. The van der Waals surface area contributed by atoms with Gasteiger partial charge in [0.15, 0.2) is 6.04 Å². The number of methoxy groups -OCH3 is 1. The van der Waals surface area contributed by atoms with Crippen molar-refractivity contribution in [2.24, 2.45) is 7.05 Å². The predicted molar refractivity (Wildman–Crippen MR) is 141 cm³/mol. The highest BCUT2D eigenvalue weighted by Crippen LogP contribution is 2.35. The zero-order valence-corrected chi connectivity index (χ0v) is 20.7. The second kappa shape index (κ2) is 11.0. The van der Waals surface area contributed by atoms with E-state index >= 15 is 0 Å². The number of anilines is 1. The van der Waals surface area contributed by atoms with E-state index in [1.807, 2.05) is 54.6 Å². The lowest BCUT2D eigenvalue weighted by molar-refractivity contribution is -0.125. The molecule has 0 saturated heterocycles. The number of terminal acetylenes is 1. The van der Waals surface area contributed by atoms with Gasteiger partial charge in [-0.15, -0.1) is 6.42 Å². The van der Waals surface area contributed by atoms with Crippen LogP contribution in [0.3, 0.4) is 0 Å². The molecule has 0 aliphatic heterocycles. The van der Waals surface area contributed by atoms with Crippen molar-refractivity contribution >= 4 is 40.0 Å². The molecule has 1 aromatic heterocycles. The molecule has 2 amide bonds. The quantitative estimate of drug-likeness (QED) is 0.366. The Morgan fingerprint density at radius 3 is 2.56 bits per heavy atom. The largest absolute Gasteiger partial charge is 0.495 e. The molecule has 0 aliphatic rings. The molecule has 182 valence electrons. The summed E-state index contributed by atoms with van der Waals surface area (Å²) in [6, 6.07) is 21.0. The summed E-state index contributed by atoms with van der Waals surface area (Å²) in [4.78, 5) is 28.1. The lowest BCUT2D eigenvalue weighted by Crippen LogP contribution is -2.44. The third-order valence-electron chi connectivity index (χ3n) is 5.86. The number of rotatable bonds is 8. The summed E-state index contributed by atoms with van der Waals surface area (Å²) >= 11 is 6.37. The molecule has 36 heavy (non-hydrogen) atoms. The Balaban J connectivity index is 1.79. The van der Waals surface area contributed by atoms with Crippen molar-refractivity contribution in [1.82, 2.24) is 15.1 Å². The first kappa shape index (κ1) is 24.8. The van der Waals surface area contributed by atoms with Gasteiger partial charge in [-0.25, -0.2) is 0 Å². The molecule has 0 radical (unpaired) electrons. The number of aryl methyl sites for hydroxylation is 1. The first-order chi connectivity index (χ1) is 17.4. The third-order valence-corrected chi connectivity index (χ3v) is 6.16. The number of hydrogen-bond acceptors (Lipinski definition) is 4. The summed E-state index contributed by atoms with van der Waals surface area (Å²) in [6.07, 6.45) is 6.18. The molecular formula is C28H25ClN4O3. The Morgan fingerprint density at radius 2 is 1.86 bits per heavy atom. The summed E-state index contributed by atoms with van der Waals surface area (Å²) in [5, 5.41) is 8.60. The fraction of sp³-hybridized carbons (Fsp3) is 0.179. The minimum absolute atomic E-state index is 0.277. The van der Waals surface area contributed by atoms with Gasteiger partial charge >= 0.3 is 5.91 Å². The van der Waals surface area contributed by atoms with E-state index in [1.54, 1.807) is 29.9 Å². The van der Waals surface area contributed by atoms with Crippen LogP contribution in [0.25, 0.3) is 10.9 Å². The van der Waals surface area contributed by atoms with Gasteiger partial charge < -0.3 is 10.1 Å². The Labute approximate surface area is 214 Å². The van der Waals surface area contributed by atoms with Crippen LogP contribution in [0.2, 0.25) is 5.02 Å². The minimum Gasteiger partial charge on any atom is -0.495 e. The number of benzene rings is 3. The molecular weight excluding hydrogens is 476 g/mol. The number of para-hydroxylation sites is 1. The third kappa shape index (κ3) is 5.04. The number of fused-ring (bicyclic) bond motifs is 1. The number of ether oxygens (including phenoxy) is 1. The standard InChI is InChI=1S/C28H25ClN4O3/c1-4-25(34)33(20-14-15-24(36-3)22(29)18-20)27(26-21-12-8-9-13-23(21)32(2)31-26)28(35)30-17-16-19-10-6-5-7-11-19/h1,5-15,18,27H,16-17H2,2-3H3,(H,30,35). The molecule has 0 spiro atoms. The van der Waals surface area contributed by atoms with Crippen molar-refractivity contribution in [3.63, 3.8) is 0 Å². The molecule has 1 unspecified atom stereocenters. The average molecular weight is 501 g/mol. The van der Waals surface area contributed by atoms with Crippen LogP contribution in [-0.4, -0.2) is 35.2 Å². The highest BCUT2D eigenvalue weighted by atomic mass is 35.5. The molecule has 3 aromatic carbocycles. The number of hydrogen-bond donors (Lipinski definition) is 1. The van der Waals surface area contributed by atoms with Crippen LogP contribution in [0.4, 0.5) is 5.69 Å². The molecule has 7 nitrogen and oxygen atoms in total. The maximum atomic E-state index is 13.7. The van der Waals surface area contributed by atoms with Crippen LogP contribution >= 0.6 is 11.6 Å². The van der Waals surface area contributed by atoms with Gasteiger partial charge in [-0.3, -0.25) is 19.2 Å². The summed E-state index contributed by atoms with van der Waals surface area (Å²) in [7, 11) is 3.28.